The van der Waals surface area contributed by atoms with E-state index >= 15 is 0 Å². The number of nitrogens with zero attached hydrogens (tertiary/aromatic N) is 2. The van der Waals surface area contributed by atoms with Crippen LogP contribution in [0.3, 0.4) is 0 Å². The molecule has 3 nitrogen and oxygen atoms in total. The van der Waals surface area contributed by atoms with Crippen LogP contribution < -0.4 is 10.2 Å². The molecule has 1 aromatic rings. The first-order chi connectivity index (χ1) is 9.61. The fourth-order valence-electron chi connectivity index (χ4n) is 2.94. The van der Waals surface area contributed by atoms with Gasteiger partial charge in [0, 0.05) is 24.0 Å². The zero-order valence-electron chi connectivity index (χ0n) is 13.4. The largest absolute Gasteiger partial charge is 0.345 e. The molecule has 1 fully saturated rings. The molecular weight excluding hydrogens is 266 g/mol. The summed E-state index contributed by atoms with van der Waals surface area (Å²) in [6, 6.07) is 0.724. The van der Waals surface area contributed by atoms with Gasteiger partial charge in [-0.25, -0.2) is 4.98 Å². The summed E-state index contributed by atoms with van der Waals surface area (Å²) in [5.74, 6) is 0.702. The van der Waals surface area contributed by atoms with E-state index in [1.54, 1.807) is 0 Å². The lowest BCUT2D eigenvalue weighted by Gasteiger charge is -2.26. The topological polar surface area (TPSA) is 28.2 Å². The molecule has 0 spiro atoms. The molecule has 20 heavy (non-hydrogen) atoms. The molecule has 0 amide bonds. The van der Waals surface area contributed by atoms with E-state index in [9.17, 15) is 0 Å². The Labute approximate surface area is 127 Å². The molecule has 0 aromatic carbocycles. The normalized spacial score (nSPS) is 16.2. The molecular formula is C16H29N3S. The third kappa shape index (κ3) is 3.95. The Kier molecular flexibility index (Phi) is 5.85. The van der Waals surface area contributed by atoms with Gasteiger partial charge in [0.1, 0.15) is 0 Å². The minimum atomic E-state index is 0.702. The number of hydrogen-bond acceptors (Lipinski definition) is 4. The van der Waals surface area contributed by atoms with Crippen LogP contribution in [0.4, 0.5) is 5.13 Å². The summed E-state index contributed by atoms with van der Waals surface area (Å²) in [7, 11) is 0. The summed E-state index contributed by atoms with van der Waals surface area (Å²) >= 11 is 1.88. The van der Waals surface area contributed by atoms with Gasteiger partial charge in [-0.05, 0) is 39.2 Å². The second-order valence-electron chi connectivity index (χ2n) is 6.25. The van der Waals surface area contributed by atoms with Crippen LogP contribution in [0.15, 0.2) is 0 Å². The van der Waals surface area contributed by atoms with Crippen LogP contribution in [-0.2, 0) is 6.54 Å². The van der Waals surface area contributed by atoms with Crippen molar-refractivity contribution in [2.75, 3.05) is 18.0 Å². The maximum Gasteiger partial charge on any atom is 0.186 e. The van der Waals surface area contributed by atoms with Gasteiger partial charge in [0.05, 0.1) is 5.69 Å². The molecule has 1 heterocycles. The second kappa shape index (κ2) is 7.41. The summed E-state index contributed by atoms with van der Waals surface area (Å²) in [5, 5.41) is 4.77. The van der Waals surface area contributed by atoms with Gasteiger partial charge in [-0.3, -0.25) is 0 Å². The van der Waals surface area contributed by atoms with Crippen LogP contribution in [0.1, 0.15) is 57.0 Å². The van der Waals surface area contributed by atoms with Crippen LogP contribution in [0, 0.1) is 12.8 Å². The lowest BCUT2D eigenvalue weighted by molar-refractivity contribution is 0.554. The minimum Gasteiger partial charge on any atom is -0.345 e. The van der Waals surface area contributed by atoms with Gasteiger partial charge in [0.25, 0.3) is 0 Å². The SMILES string of the molecule is CCN(c1nc(C)c(CNCC(C)C)s1)C1CCCC1. The molecule has 4 heteroatoms. The van der Waals surface area contributed by atoms with E-state index in [2.05, 4.69) is 37.9 Å². The third-order valence-electron chi connectivity index (χ3n) is 4.07. The van der Waals surface area contributed by atoms with Gasteiger partial charge in [0.2, 0.25) is 0 Å². The van der Waals surface area contributed by atoms with Crippen molar-refractivity contribution in [3.05, 3.63) is 10.6 Å². The van der Waals surface area contributed by atoms with E-state index in [0.717, 1.165) is 25.7 Å². The Bertz CT molecular complexity index is 408. The minimum absolute atomic E-state index is 0.702. The van der Waals surface area contributed by atoms with E-state index in [1.807, 2.05) is 11.3 Å². The molecule has 0 atom stereocenters. The molecule has 0 saturated heterocycles. The monoisotopic (exact) mass is 295 g/mol. The number of hydrogen-bond donors (Lipinski definition) is 1. The highest BCUT2D eigenvalue weighted by Gasteiger charge is 2.24. The number of aromatic nitrogens is 1. The zero-order valence-corrected chi connectivity index (χ0v) is 14.2. The van der Waals surface area contributed by atoms with E-state index in [0.29, 0.717) is 5.92 Å². The molecule has 1 saturated carbocycles. The molecule has 0 radical (unpaired) electrons. The van der Waals surface area contributed by atoms with Gasteiger partial charge < -0.3 is 10.2 Å². The highest BCUT2D eigenvalue weighted by atomic mass is 32.1. The number of anilines is 1. The van der Waals surface area contributed by atoms with E-state index in [4.69, 9.17) is 4.98 Å². The van der Waals surface area contributed by atoms with Gasteiger partial charge >= 0.3 is 0 Å². The number of aryl methyl sites for hydroxylation is 1. The third-order valence-corrected chi connectivity index (χ3v) is 5.27. The van der Waals surface area contributed by atoms with Crippen molar-refractivity contribution in [1.82, 2.24) is 10.3 Å². The van der Waals surface area contributed by atoms with E-state index in [1.165, 1.54) is 41.4 Å². The fraction of sp³-hybridized carbons (Fsp3) is 0.812. The zero-order chi connectivity index (χ0) is 14.5. The molecule has 1 aliphatic rings. The van der Waals surface area contributed by atoms with Gasteiger partial charge in [-0.15, -0.1) is 11.3 Å². The van der Waals surface area contributed by atoms with Crippen molar-refractivity contribution in [1.29, 1.82) is 0 Å². The smallest absolute Gasteiger partial charge is 0.186 e. The summed E-state index contributed by atoms with van der Waals surface area (Å²) in [5.41, 5.74) is 1.21. The van der Waals surface area contributed by atoms with Crippen LogP contribution in [0.5, 0.6) is 0 Å². The number of nitrogens with one attached hydrogen (secondary N) is 1. The summed E-state index contributed by atoms with van der Waals surface area (Å²) < 4.78 is 0. The van der Waals surface area contributed by atoms with Crippen LogP contribution >= 0.6 is 11.3 Å². The van der Waals surface area contributed by atoms with Crippen molar-refractivity contribution in [3.8, 4) is 0 Å². The Hall–Kier alpha value is -0.610. The maximum atomic E-state index is 4.83. The van der Waals surface area contributed by atoms with Crippen molar-refractivity contribution >= 4 is 16.5 Å². The summed E-state index contributed by atoms with van der Waals surface area (Å²) in [6.07, 6.45) is 5.45. The summed E-state index contributed by atoms with van der Waals surface area (Å²) in [4.78, 5) is 8.75. The molecule has 0 unspecified atom stereocenters. The van der Waals surface area contributed by atoms with Gasteiger partial charge in [-0.1, -0.05) is 26.7 Å². The Morgan fingerprint density at radius 2 is 2.05 bits per heavy atom. The van der Waals surface area contributed by atoms with Crippen molar-refractivity contribution in [3.63, 3.8) is 0 Å². The highest BCUT2D eigenvalue weighted by Crippen LogP contribution is 2.32. The quantitative estimate of drug-likeness (QED) is 0.825. The lowest BCUT2D eigenvalue weighted by Crippen LogP contribution is -2.32. The van der Waals surface area contributed by atoms with Crippen LogP contribution in [0.2, 0.25) is 0 Å². The lowest BCUT2D eigenvalue weighted by atomic mass is 10.2. The van der Waals surface area contributed by atoms with E-state index in [-0.39, 0.29) is 0 Å². The Balaban J connectivity index is 2.00. The maximum absolute atomic E-state index is 4.83. The first kappa shape index (κ1) is 15.8. The molecule has 1 aromatic heterocycles. The fourth-order valence-corrected chi connectivity index (χ4v) is 4.11. The van der Waals surface area contributed by atoms with Gasteiger partial charge in [-0.2, -0.15) is 0 Å². The first-order valence-corrected chi connectivity index (χ1v) is 8.87. The number of rotatable bonds is 7. The molecule has 114 valence electrons. The molecule has 1 N–H and O–H groups in total. The van der Waals surface area contributed by atoms with Crippen molar-refractivity contribution in [2.45, 2.75) is 66.0 Å². The van der Waals surface area contributed by atoms with E-state index < -0.39 is 0 Å². The van der Waals surface area contributed by atoms with Gasteiger partial charge in [0.15, 0.2) is 5.13 Å². The average molecular weight is 295 g/mol. The summed E-state index contributed by atoms with van der Waals surface area (Å²) in [6.45, 7) is 12.0. The standard InChI is InChI=1S/C16H29N3S/c1-5-19(14-8-6-7-9-14)16-18-13(4)15(20-16)11-17-10-12(2)3/h12,14,17H,5-11H2,1-4H3. The molecule has 0 aliphatic heterocycles. The number of thiazole rings is 1. The van der Waals surface area contributed by atoms with Crippen molar-refractivity contribution < 1.29 is 0 Å². The molecule has 0 bridgehead atoms. The predicted octanol–water partition coefficient (Wildman–Crippen LogP) is 3.97. The molecule has 2 rings (SSSR count). The highest BCUT2D eigenvalue weighted by molar-refractivity contribution is 7.15. The molecule has 1 aliphatic carbocycles. The second-order valence-corrected chi connectivity index (χ2v) is 7.32. The average Bonchev–Trinajstić information content (AvgIpc) is 3.02. The Morgan fingerprint density at radius 3 is 2.65 bits per heavy atom. The van der Waals surface area contributed by atoms with Crippen molar-refractivity contribution in [2.24, 2.45) is 5.92 Å². The Morgan fingerprint density at radius 1 is 1.35 bits per heavy atom. The first-order valence-electron chi connectivity index (χ1n) is 8.05. The van der Waals surface area contributed by atoms with Crippen LogP contribution in [-0.4, -0.2) is 24.1 Å². The van der Waals surface area contributed by atoms with Crippen LogP contribution in [0.25, 0.3) is 0 Å². The predicted molar refractivity (Wildman–Crippen MR) is 88.7 cm³/mol.